The Hall–Kier alpha value is -1.77. The number of hydrogen-bond acceptors (Lipinski definition) is 6. The minimum atomic E-state index is -0.319. The lowest BCUT2D eigenvalue weighted by atomic mass is 10.2. The van der Waals surface area contributed by atoms with Gasteiger partial charge < -0.3 is 4.74 Å². The molecule has 1 saturated heterocycles. The van der Waals surface area contributed by atoms with Gasteiger partial charge in [0, 0.05) is 11.5 Å². The normalized spacial score (nSPS) is 14.7. The Balaban J connectivity index is 1.32. The van der Waals surface area contributed by atoms with Gasteiger partial charge in [0.05, 0.1) is 14.8 Å². The summed E-state index contributed by atoms with van der Waals surface area (Å²) in [6.07, 6.45) is 0. The quantitative estimate of drug-likeness (QED) is 0.651. The molecule has 26 heavy (non-hydrogen) atoms. The Morgan fingerprint density at radius 1 is 1.19 bits per heavy atom. The molecule has 0 bridgehead atoms. The summed E-state index contributed by atoms with van der Waals surface area (Å²) in [6.45, 7) is -0.101. The summed E-state index contributed by atoms with van der Waals surface area (Å²) in [6, 6.07) is 12.2. The van der Waals surface area contributed by atoms with Gasteiger partial charge in [0.2, 0.25) is 0 Å². The highest BCUT2D eigenvalue weighted by Crippen LogP contribution is 2.45. The predicted molar refractivity (Wildman–Crippen MR) is 108 cm³/mol. The number of carbonyl (C=O) groups excluding carboxylic acids is 1. The van der Waals surface area contributed by atoms with Crippen molar-refractivity contribution in [3.63, 3.8) is 0 Å². The van der Waals surface area contributed by atoms with Crippen molar-refractivity contribution in [2.45, 2.75) is 4.58 Å². The van der Waals surface area contributed by atoms with Crippen molar-refractivity contribution in [1.82, 2.24) is 4.98 Å². The number of nitrogens with zero attached hydrogens (tertiary/aromatic N) is 1. The van der Waals surface area contributed by atoms with Crippen LogP contribution in [0.1, 0.15) is 10.1 Å². The summed E-state index contributed by atoms with van der Waals surface area (Å²) in [5.41, 5.74) is 1.93. The summed E-state index contributed by atoms with van der Waals surface area (Å²) < 4.78 is 19.9. The average molecular weight is 407 g/mol. The van der Waals surface area contributed by atoms with Crippen LogP contribution in [-0.2, 0) is 4.79 Å². The minimum Gasteiger partial charge on any atom is -0.484 e. The van der Waals surface area contributed by atoms with Crippen molar-refractivity contribution in [3.8, 4) is 5.75 Å². The Kier molecular flexibility index (Phi) is 5.33. The van der Waals surface area contributed by atoms with Gasteiger partial charge in [-0.15, -0.1) is 23.5 Å². The van der Waals surface area contributed by atoms with E-state index in [2.05, 4.69) is 10.3 Å². The number of ether oxygens (including phenoxy) is 1. The third-order valence-electron chi connectivity index (χ3n) is 3.74. The van der Waals surface area contributed by atoms with Crippen LogP contribution in [0.15, 0.2) is 42.5 Å². The predicted octanol–water partition coefficient (Wildman–Crippen LogP) is 4.93. The fourth-order valence-electron chi connectivity index (χ4n) is 2.53. The number of rotatable bonds is 5. The number of halogens is 1. The maximum Gasteiger partial charge on any atom is 0.264 e. The van der Waals surface area contributed by atoms with Crippen molar-refractivity contribution in [2.75, 3.05) is 23.4 Å². The lowest BCUT2D eigenvalue weighted by molar-refractivity contribution is -0.118. The first-order valence-corrected chi connectivity index (χ1v) is 10.9. The molecule has 0 unspecified atom stereocenters. The van der Waals surface area contributed by atoms with Gasteiger partial charge in [-0.3, -0.25) is 10.1 Å². The molecule has 0 aliphatic carbocycles. The number of thiazole rings is 1. The van der Waals surface area contributed by atoms with Crippen molar-refractivity contribution < 1.29 is 13.9 Å². The van der Waals surface area contributed by atoms with Gasteiger partial charge >= 0.3 is 0 Å². The van der Waals surface area contributed by atoms with E-state index in [1.165, 1.54) is 40.5 Å². The number of benzene rings is 2. The second-order valence-corrected chi connectivity index (χ2v) is 9.37. The van der Waals surface area contributed by atoms with Crippen LogP contribution in [0.5, 0.6) is 5.75 Å². The minimum absolute atomic E-state index is 0.101. The number of nitrogens with one attached hydrogen (secondary N) is 1. The molecule has 4 nitrogen and oxygen atoms in total. The van der Waals surface area contributed by atoms with Crippen LogP contribution >= 0.6 is 34.9 Å². The van der Waals surface area contributed by atoms with E-state index < -0.39 is 0 Å². The first-order valence-electron chi connectivity index (χ1n) is 7.99. The van der Waals surface area contributed by atoms with Crippen molar-refractivity contribution in [1.29, 1.82) is 0 Å². The standard InChI is InChI=1S/C18H15FN2O2S3/c19-12-3-6-14-15(9-12)26-18(20-14)21-16(22)10-23-13-4-1-11(2-5-13)17-24-7-8-25-17/h1-6,9,17H,7-8,10H2,(H,20,21,22). The highest BCUT2D eigenvalue weighted by molar-refractivity contribution is 8.19. The molecule has 0 atom stereocenters. The maximum absolute atomic E-state index is 13.2. The number of amides is 1. The Morgan fingerprint density at radius 2 is 1.96 bits per heavy atom. The van der Waals surface area contributed by atoms with E-state index in [-0.39, 0.29) is 18.3 Å². The topological polar surface area (TPSA) is 51.2 Å². The molecular weight excluding hydrogens is 391 g/mol. The van der Waals surface area contributed by atoms with Crippen molar-refractivity contribution in [3.05, 3.63) is 53.8 Å². The second kappa shape index (κ2) is 7.85. The van der Waals surface area contributed by atoms with E-state index in [1.54, 1.807) is 6.07 Å². The van der Waals surface area contributed by atoms with Gasteiger partial charge in [-0.1, -0.05) is 23.5 Å². The summed E-state index contributed by atoms with van der Waals surface area (Å²) >= 11 is 5.14. The van der Waals surface area contributed by atoms with Crippen LogP contribution in [0.4, 0.5) is 9.52 Å². The SMILES string of the molecule is O=C(COc1ccc(C2SCCS2)cc1)Nc1nc2ccc(F)cc2s1. The van der Waals surface area contributed by atoms with Crippen LogP contribution < -0.4 is 10.1 Å². The van der Waals surface area contributed by atoms with E-state index in [1.807, 2.05) is 47.8 Å². The van der Waals surface area contributed by atoms with Gasteiger partial charge in [0.15, 0.2) is 11.7 Å². The van der Waals surface area contributed by atoms with E-state index in [9.17, 15) is 9.18 Å². The van der Waals surface area contributed by atoms with Gasteiger partial charge in [-0.2, -0.15) is 0 Å². The van der Waals surface area contributed by atoms with E-state index in [0.717, 1.165) is 0 Å². The van der Waals surface area contributed by atoms with Crippen LogP contribution in [0.25, 0.3) is 10.2 Å². The molecule has 4 rings (SSSR count). The van der Waals surface area contributed by atoms with E-state index in [4.69, 9.17) is 4.74 Å². The van der Waals surface area contributed by atoms with Crippen LogP contribution in [0.2, 0.25) is 0 Å². The second-order valence-electron chi connectivity index (χ2n) is 5.61. The van der Waals surface area contributed by atoms with E-state index >= 15 is 0 Å². The zero-order valence-corrected chi connectivity index (χ0v) is 16.1. The third-order valence-corrected chi connectivity index (χ3v) is 7.78. The Labute approximate surface area is 162 Å². The maximum atomic E-state index is 13.2. The lowest BCUT2D eigenvalue weighted by Crippen LogP contribution is -2.19. The summed E-state index contributed by atoms with van der Waals surface area (Å²) in [5.74, 6) is 2.41. The van der Waals surface area contributed by atoms with Gasteiger partial charge in [0.25, 0.3) is 5.91 Å². The van der Waals surface area contributed by atoms with Gasteiger partial charge in [-0.05, 0) is 35.9 Å². The summed E-state index contributed by atoms with van der Waals surface area (Å²) in [4.78, 5) is 16.3. The number of aromatic nitrogens is 1. The number of carbonyl (C=O) groups is 1. The fourth-order valence-corrected chi connectivity index (χ4v) is 6.29. The molecule has 1 aromatic heterocycles. The number of anilines is 1. The molecule has 2 aromatic carbocycles. The summed E-state index contributed by atoms with van der Waals surface area (Å²) in [7, 11) is 0. The molecule has 8 heteroatoms. The molecule has 1 N–H and O–H groups in total. The molecule has 0 saturated carbocycles. The molecular formula is C18H15FN2O2S3. The number of thioether (sulfide) groups is 2. The van der Waals surface area contributed by atoms with Crippen LogP contribution in [0, 0.1) is 5.82 Å². The molecule has 1 aliphatic rings. The molecule has 2 heterocycles. The van der Waals surface area contributed by atoms with E-state index in [0.29, 0.717) is 25.7 Å². The molecule has 134 valence electrons. The highest BCUT2D eigenvalue weighted by atomic mass is 32.2. The summed E-state index contributed by atoms with van der Waals surface area (Å²) in [5, 5.41) is 3.13. The first kappa shape index (κ1) is 17.6. The van der Waals surface area contributed by atoms with Crippen LogP contribution in [-0.4, -0.2) is 29.0 Å². The smallest absolute Gasteiger partial charge is 0.264 e. The monoisotopic (exact) mass is 406 g/mol. The van der Waals surface area contributed by atoms with Crippen molar-refractivity contribution in [2.24, 2.45) is 0 Å². The molecule has 0 radical (unpaired) electrons. The zero-order valence-electron chi connectivity index (χ0n) is 13.6. The average Bonchev–Trinajstić information content (AvgIpc) is 3.29. The molecule has 3 aromatic rings. The molecule has 0 spiro atoms. The van der Waals surface area contributed by atoms with Crippen molar-refractivity contribution >= 4 is 56.1 Å². The Bertz CT molecular complexity index is 924. The van der Waals surface area contributed by atoms with Gasteiger partial charge in [0.1, 0.15) is 11.6 Å². The first-order chi connectivity index (χ1) is 12.7. The lowest BCUT2D eigenvalue weighted by Gasteiger charge is -2.10. The molecule has 1 fully saturated rings. The largest absolute Gasteiger partial charge is 0.484 e. The van der Waals surface area contributed by atoms with Crippen LogP contribution in [0.3, 0.4) is 0 Å². The van der Waals surface area contributed by atoms with Gasteiger partial charge in [-0.25, -0.2) is 9.37 Å². The fraction of sp³-hybridized carbons (Fsp3) is 0.222. The highest BCUT2D eigenvalue weighted by Gasteiger charge is 2.18. The zero-order chi connectivity index (χ0) is 17.9. The third kappa shape index (κ3) is 4.13. The Morgan fingerprint density at radius 3 is 2.73 bits per heavy atom. The molecule has 1 amide bonds. The number of fused-ring (bicyclic) bond motifs is 1. The number of hydrogen-bond donors (Lipinski definition) is 1. The molecule has 1 aliphatic heterocycles.